The number of halogens is 2. The van der Waals surface area contributed by atoms with Crippen molar-refractivity contribution in [1.82, 2.24) is 0 Å². The van der Waals surface area contributed by atoms with Crippen molar-refractivity contribution in [2.45, 2.75) is 19.5 Å². The maximum Gasteiger partial charge on any atom is 0.146 e. The minimum Gasteiger partial charge on any atom is -0.253 e. The van der Waals surface area contributed by atoms with Gasteiger partial charge in [0.1, 0.15) is 17.3 Å². The van der Waals surface area contributed by atoms with E-state index in [0.29, 0.717) is 22.6 Å². The fraction of sp³-hybridized carbons (Fsp3) is 0.176. The van der Waals surface area contributed by atoms with Crippen LogP contribution in [0.3, 0.4) is 0 Å². The van der Waals surface area contributed by atoms with E-state index < -0.39 is 17.3 Å². The Morgan fingerprint density at radius 2 is 1.10 bits per heavy atom. The summed E-state index contributed by atoms with van der Waals surface area (Å²) in [6.45, 7) is 3.61. The average molecular weight is 284 g/mol. The van der Waals surface area contributed by atoms with Gasteiger partial charge in [-0.2, -0.15) is 0 Å². The molecule has 3 rings (SSSR count). The van der Waals surface area contributed by atoms with E-state index in [2.05, 4.69) is 9.98 Å². The molecule has 1 heterocycles. The second-order valence-electron chi connectivity index (χ2n) is 5.37. The molecule has 0 fully saturated rings. The zero-order chi connectivity index (χ0) is 15.0. The standard InChI is InChI=1S/C17H14F2N2/c1-17(2)20-15(11-7-3-5-9-13(11)18)16(21-17)12-8-4-6-10-14(12)19/h3-10H,1-2H3. The van der Waals surface area contributed by atoms with Gasteiger partial charge in [0.2, 0.25) is 0 Å². The van der Waals surface area contributed by atoms with Crippen molar-refractivity contribution in [3.63, 3.8) is 0 Å². The van der Waals surface area contributed by atoms with E-state index in [-0.39, 0.29) is 0 Å². The van der Waals surface area contributed by atoms with Crippen molar-refractivity contribution in [2.75, 3.05) is 0 Å². The highest BCUT2D eigenvalue weighted by molar-refractivity contribution is 6.54. The second kappa shape index (κ2) is 4.88. The van der Waals surface area contributed by atoms with Crippen molar-refractivity contribution < 1.29 is 8.78 Å². The smallest absolute Gasteiger partial charge is 0.146 e. The normalized spacial score (nSPS) is 16.6. The van der Waals surface area contributed by atoms with Gasteiger partial charge in [0.25, 0.3) is 0 Å². The molecule has 2 aromatic carbocycles. The quantitative estimate of drug-likeness (QED) is 0.796. The van der Waals surface area contributed by atoms with Crippen LogP contribution < -0.4 is 0 Å². The Labute approximate surface area is 121 Å². The number of hydrogen-bond donors (Lipinski definition) is 0. The molecule has 0 saturated carbocycles. The highest BCUT2D eigenvalue weighted by atomic mass is 19.1. The van der Waals surface area contributed by atoms with E-state index in [4.69, 9.17) is 0 Å². The van der Waals surface area contributed by atoms with Crippen LogP contribution in [-0.4, -0.2) is 17.1 Å². The molecule has 1 aliphatic heterocycles. The lowest BCUT2D eigenvalue weighted by atomic mass is 9.99. The summed E-state index contributed by atoms with van der Waals surface area (Å²) in [6, 6.07) is 12.7. The van der Waals surface area contributed by atoms with Gasteiger partial charge in [0.15, 0.2) is 0 Å². The zero-order valence-electron chi connectivity index (χ0n) is 11.8. The lowest BCUT2D eigenvalue weighted by Crippen LogP contribution is -2.16. The van der Waals surface area contributed by atoms with Crippen LogP contribution in [0, 0.1) is 11.6 Å². The van der Waals surface area contributed by atoms with Gasteiger partial charge < -0.3 is 0 Å². The first-order valence-corrected chi connectivity index (χ1v) is 6.68. The van der Waals surface area contributed by atoms with Crippen molar-refractivity contribution >= 4 is 11.4 Å². The molecule has 0 bridgehead atoms. The third kappa shape index (κ3) is 2.49. The first-order chi connectivity index (χ1) is 9.98. The number of benzene rings is 2. The molecular weight excluding hydrogens is 270 g/mol. The summed E-state index contributed by atoms with van der Waals surface area (Å²) in [6.07, 6.45) is 0. The number of hydrogen-bond acceptors (Lipinski definition) is 2. The summed E-state index contributed by atoms with van der Waals surface area (Å²) in [4.78, 5) is 8.91. The molecule has 0 spiro atoms. The molecule has 0 atom stereocenters. The van der Waals surface area contributed by atoms with Crippen LogP contribution in [0.4, 0.5) is 8.78 Å². The van der Waals surface area contributed by atoms with Crippen molar-refractivity contribution in [2.24, 2.45) is 9.98 Å². The predicted molar refractivity (Wildman–Crippen MR) is 80.0 cm³/mol. The molecule has 0 radical (unpaired) electrons. The Morgan fingerprint density at radius 1 is 0.714 bits per heavy atom. The summed E-state index contributed by atoms with van der Waals surface area (Å²) >= 11 is 0. The molecule has 0 saturated heterocycles. The molecule has 0 N–H and O–H groups in total. The Kier molecular flexibility index (Phi) is 3.16. The maximum atomic E-state index is 14.1. The molecule has 2 aromatic rings. The van der Waals surface area contributed by atoms with Crippen LogP contribution in [0.1, 0.15) is 25.0 Å². The van der Waals surface area contributed by atoms with E-state index in [9.17, 15) is 8.78 Å². The molecule has 1 aliphatic rings. The van der Waals surface area contributed by atoms with Gasteiger partial charge in [-0.05, 0) is 38.1 Å². The first kappa shape index (κ1) is 13.6. The largest absolute Gasteiger partial charge is 0.253 e. The van der Waals surface area contributed by atoms with Gasteiger partial charge in [-0.25, -0.2) is 8.78 Å². The number of nitrogens with zero attached hydrogens (tertiary/aromatic N) is 2. The van der Waals surface area contributed by atoms with Crippen LogP contribution in [0.15, 0.2) is 58.5 Å². The lowest BCUT2D eigenvalue weighted by molar-refractivity contribution is 0.565. The zero-order valence-corrected chi connectivity index (χ0v) is 11.8. The van der Waals surface area contributed by atoms with Crippen LogP contribution in [0.5, 0.6) is 0 Å². The first-order valence-electron chi connectivity index (χ1n) is 6.68. The van der Waals surface area contributed by atoms with Gasteiger partial charge in [-0.3, -0.25) is 9.98 Å². The van der Waals surface area contributed by atoms with Gasteiger partial charge in [-0.15, -0.1) is 0 Å². The van der Waals surface area contributed by atoms with E-state index in [1.54, 1.807) is 36.4 Å². The minimum atomic E-state index is -0.727. The molecule has 2 nitrogen and oxygen atoms in total. The summed E-state index contributed by atoms with van der Waals surface area (Å²) < 4.78 is 28.1. The summed E-state index contributed by atoms with van der Waals surface area (Å²) in [5.74, 6) is -0.782. The highest BCUT2D eigenvalue weighted by Gasteiger charge is 2.31. The number of aliphatic imine (C=N–C) groups is 2. The van der Waals surface area contributed by atoms with Crippen LogP contribution in [-0.2, 0) is 0 Å². The van der Waals surface area contributed by atoms with Crippen LogP contribution in [0.2, 0.25) is 0 Å². The van der Waals surface area contributed by atoms with Gasteiger partial charge in [0, 0.05) is 11.1 Å². The second-order valence-corrected chi connectivity index (χ2v) is 5.37. The Balaban J connectivity index is 2.19. The predicted octanol–water partition coefficient (Wildman–Crippen LogP) is 3.99. The van der Waals surface area contributed by atoms with Crippen molar-refractivity contribution in [1.29, 1.82) is 0 Å². The molecule has 0 unspecified atom stereocenters. The van der Waals surface area contributed by atoms with Gasteiger partial charge in [-0.1, -0.05) is 24.3 Å². The fourth-order valence-electron chi connectivity index (χ4n) is 2.36. The average Bonchev–Trinajstić information content (AvgIpc) is 2.75. The van der Waals surface area contributed by atoms with Crippen LogP contribution in [0.25, 0.3) is 0 Å². The molecule has 0 amide bonds. The maximum absolute atomic E-state index is 14.1. The fourth-order valence-corrected chi connectivity index (χ4v) is 2.36. The molecule has 21 heavy (non-hydrogen) atoms. The topological polar surface area (TPSA) is 24.7 Å². The molecule has 0 aliphatic carbocycles. The Bertz CT molecular complexity index is 697. The SMILES string of the molecule is CC1(C)N=C(c2ccccc2F)C(c2ccccc2F)=N1. The summed E-state index contributed by atoms with van der Waals surface area (Å²) in [7, 11) is 0. The minimum absolute atomic E-state index is 0.338. The third-order valence-corrected chi connectivity index (χ3v) is 3.25. The van der Waals surface area contributed by atoms with Gasteiger partial charge in [0.05, 0.1) is 11.4 Å². The molecular formula is C17H14F2N2. The Morgan fingerprint density at radius 3 is 1.48 bits per heavy atom. The van der Waals surface area contributed by atoms with Crippen LogP contribution >= 0.6 is 0 Å². The van der Waals surface area contributed by atoms with E-state index in [1.165, 1.54) is 12.1 Å². The molecule has 4 heteroatoms. The van der Waals surface area contributed by atoms with Crippen molar-refractivity contribution in [3.8, 4) is 0 Å². The number of rotatable bonds is 2. The van der Waals surface area contributed by atoms with E-state index in [0.717, 1.165) is 0 Å². The van der Waals surface area contributed by atoms with E-state index >= 15 is 0 Å². The summed E-state index contributed by atoms with van der Waals surface area (Å²) in [5, 5.41) is 0. The molecule has 0 aromatic heterocycles. The lowest BCUT2D eigenvalue weighted by Gasteiger charge is -2.07. The van der Waals surface area contributed by atoms with Crippen molar-refractivity contribution in [3.05, 3.63) is 71.3 Å². The van der Waals surface area contributed by atoms with E-state index in [1.807, 2.05) is 13.8 Å². The third-order valence-electron chi connectivity index (χ3n) is 3.25. The Hall–Kier alpha value is -2.36. The highest BCUT2D eigenvalue weighted by Crippen LogP contribution is 2.26. The monoisotopic (exact) mass is 284 g/mol. The van der Waals surface area contributed by atoms with Gasteiger partial charge >= 0.3 is 0 Å². The molecule has 106 valence electrons. The summed E-state index contributed by atoms with van der Waals surface area (Å²) in [5.41, 5.74) is 0.733.